The van der Waals surface area contributed by atoms with Gasteiger partial charge >= 0.3 is 0 Å². The summed E-state index contributed by atoms with van der Waals surface area (Å²) in [6.07, 6.45) is -0.870. The highest BCUT2D eigenvalue weighted by molar-refractivity contribution is 5.80. The van der Waals surface area contributed by atoms with E-state index in [9.17, 15) is 4.79 Å². The first kappa shape index (κ1) is 9.48. The van der Waals surface area contributed by atoms with Crippen LogP contribution in [-0.4, -0.2) is 47.7 Å². The molecule has 0 spiro atoms. The quantitative estimate of drug-likeness (QED) is 0.544. The van der Waals surface area contributed by atoms with Crippen molar-refractivity contribution < 1.29 is 9.90 Å². The standard InChI is InChI=1S/C8H16N2O2/c1-6-5-9-3-4-10(6)8(12)7(2)11/h6-7,9,11H,3-5H2,1-2H3/t6-,7+/m0/s1. The first-order valence-corrected chi connectivity index (χ1v) is 4.32. The summed E-state index contributed by atoms with van der Waals surface area (Å²) in [6, 6.07) is 0.195. The molecule has 1 heterocycles. The topological polar surface area (TPSA) is 52.6 Å². The average molecular weight is 172 g/mol. The van der Waals surface area contributed by atoms with E-state index in [0.29, 0.717) is 6.54 Å². The van der Waals surface area contributed by atoms with Crippen molar-refractivity contribution in [2.24, 2.45) is 0 Å². The lowest BCUT2D eigenvalue weighted by Gasteiger charge is -2.34. The van der Waals surface area contributed by atoms with Gasteiger partial charge in [0.15, 0.2) is 0 Å². The molecule has 0 aromatic carbocycles. The molecule has 1 fully saturated rings. The van der Waals surface area contributed by atoms with Crippen LogP contribution in [0.15, 0.2) is 0 Å². The van der Waals surface area contributed by atoms with E-state index in [1.54, 1.807) is 4.90 Å². The van der Waals surface area contributed by atoms with Gasteiger partial charge in [-0.05, 0) is 13.8 Å². The number of carbonyl (C=O) groups excluding carboxylic acids is 1. The predicted octanol–water partition coefficient (Wildman–Crippen LogP) is -0.812. The molecule has 1 aliphatic rings. The number of hydrogen-bond acceptors (Lipinski definition) is 3. The summed E-state index contributed by atoms with van der Waals surface area (Å²) < 4.78 is 0. The summed E-state index contributed by atoms with van der Waals surface area (Å²) in [5.41, 5.74) is 0. The highest BCUT2D eigenvalue weighted by atomic mass is 16.3. The Balaban J connectivity index is 2.53. The molecule has 0 unspecified atom stereocenters. The summed E-state index contributed by atoms with van der Waals surface area (Å²) in [6.45, 7) is 5.83. The molecular weight excluding hydrogens is 156 g/mol. The van der Waals surface area contributed by atoms with Crippen molar-refractivity contribution in [2.75, 3.05) is 19.6 Å². The van der Waals surface area contributed by atoms with E-state index < -0.39 is 6.10 Å². The molecule has 1 saturated heterocycles. The zero-order valence-electron chi connectivity index (χ0n) is 7.58. The summed E-state index contributed by atoms with van der Waals surface area (Å²) in [5.74, 6) is -0.163. The molecule has 12 heavy (non-hydrogen) atoms. The minimum atomic E-state index is -0.870. The van der Waals surface area contributed by atoms with Crippen molar-refractivity contribution >= 4 is 5.91 Å². The molecule has 2 N–H and O–H groups in total. The largest absolute Gasteiger partial charge is 0.384 e. The molecule has 1 rings (SSSR count). The zero-order valence-corrected chi connectivity index (χ0v) is 7.58. The maximum atomic E-state index is 11.4. The van der Waals surface area contributed by atoms with Crippen molar-refractivity contribution in [3.05, 3.63) is 0 Å². The van der Waals surface area contributed by atoms with Crippen LogP contribution in [0.1, 0.15) is 13.8 Å². The van der Waals surface area contributed by atoms with Crippen molar-refractivity contribution in [3.63, 3.8) is 0 Å². The Morgan fingerprint density at radius 1 is 1.75 bits per heavy atom. The van der Waals surface area contributed by atoms with Gasteiger partial charge in [0.05, 0.1) is 0 Å². The lowest BCUT2D eigenvalue weighted by Crippen LogP contribution is -2.54. The van der Waals surface area contributed by atoms with Crippen LogP contribution in [-0.2, 0) is 4.79 Å². The smallest absolute Gasteiger partial charge is 0.251 e. The Labute approximate surface area is 72.6 Å². The average Bonchev–Trinajstić information content (AvgIpc) is 2.04. The van der Waals surface area contributed by atoms with E-state index in [2.05, 4.69) is 5.32 Å². The Morgan fingerprint density at radius 3 is 2.92 bits per heavy atom. The molecule has 0 aromatic rings. The van der Waals surface area contributed by atoms with Crippen LogP contribution in [0.25, 0.3) is 0 Å². The fraction of sp³-hybridized carbons (Fsp3) is 0.875. The maximum Gasteiger partial charge on any atom is 0.251 e. The summed E-state index contributed by atoms with van der Waals surface area (Å²) in [5, 5.41) is 12.3. The fourth-order valence-electron chi connectivity index (χ4n) is 1.41. The minimum absolute atomic E-state index is 0.163. The Morgan fingerprint density at radius 2 is 2.42 bits per heavy atom. The minimum Gasteiger partial charge on any atom is -0.384 e. The van der Waals surface area contributed by atoms with Gasteiger partial charge in [-0.3, -0.25) is 4.79 Å². The molecule has 2 atom stereocenters. The Hall–Kier alpha value is -0.610. The maximum absolute atomic E-state index is 11.4. The normalized spacial score (nSPS) is 26.9. The molecule has 0 aliphatic carbocycles. The van der Waals surface area contributed by atoms with Gasteiger partial charge in [-0.1, -0.05) is 0 Å². The molecule has 4 heteroatoms. The number of nitrogens with one attached hydrogen (secondary N) is 1. The van der Waals surface area contributed by atoms with Gasteiger partial charge in [-0.25, -0.2) is 0 Å². The molecule has 70 valence electrons. The fourth-order valence-corrected chi connectivity index (χ4v) is 1.41. The third-order valence-corrected chi connectivity index (χ3v) is 2.14. The number of amides is 1. The number of hydrogen-bond donors (Lipinski definition) is 2. The lowest BCUT2D eigenvalue weighted by molar-refractivity contribution is -0.142. The van der Waals surface area contributed by atoms with Crippen LogP contribution in [0.5, 0.6) is 0 Å². The molecule has 4 nitrogen and oxygen atoms in total. The van der Waals surface area contributed by atoms with E-state index in [1.807, 2.05) is 6.92 Å². The van der Waals surface area contributed by atoms with Crippen molar-refractivity contribution in [1.29, 1.82) is 0 Å². The van der Waals surface area contributed by atoms with Gasteiger partial charge < -0.3 is 15.3 Å². The van der Waals surface area contributed by atoms with Crippen LogP contribution in [0.3, 0.4) is 0 Å². The van der Waals surface area contributed by atoms with E-state index in [1.165, 1.54) is 6.92 Å². The third kappa shape index (κ3) is 1.95. The van der Waals surface area contributed by atoms with E-state index >= 15 is 0 Å². The number of piperazine rings is 1. The van der Waals surface area contributed by atoms with Gasteiger partial charge in [0.2, 0.25) is 0 Å². The lowest BCUT2D eigenvalue weighted by atomic mass is 10.2. The molecule has 0 radical (unpaired) electrons. The van der Waals surface area contributed by atoms with Gasteiger partial charge in [0, 0.05) is 25.7 Å². The predicted molar refractivity (Wildman–Crippen MR) is 45.7 cm³/mol. The van der Waals surface area contributed by atoms with Crippen molar-refractivity contribution in [2.45, 2.75) is 26.0 Å². The third-order valence-electron chi connectivity index (χ3n) is 2.14. The first-order chi connectivity index (χ1) is 5.63. The Kier molecular flexibility index (Phi) is 3.05. The highest BCUT2D eigenvalue weighted by Gasteiger charge is 2.25. The summed E-state index contributed by atoms with van der Waals surface area (Å²) in [7, 11) is 0. The number of nitrogens with zero attached hydrogens (tertiary/aromatic N) is 1. The number of aliphatic hydroxyl groups excluding tert-OH is 1. The molecule has 1 amide bonds. The van der Waals surface area contributed by atoms with Crippen LogP contribution < -0.4 is 5.32 Å². The van der Waals surface area contributed by atoms with Gasteiger partial charge in [-0.15, -0.1) is 0 Å². The van der Waals surface area contributed by atoms with Crippen LogP contribution in [0.4, 0.5) is 0 Å². The van der Waals surface area contributed by atoms with Crippen molar-refractivity contribution in [3.8, 4) is 0 Å². The summed E-state index contributed by atoms with van der Waals surface area (Å²) in [4.78, 5) is 13.1. The Bertz CT molecular complexity index is 170. The van der Waals surface area contributed by atoms with Gasteiger partial charge in [0.1, 0.15) is 6.10 Å². The first-order valence-electron chi connectivity index (χ1n) is 4.32. The zero-order chi connectivity index (χ0) is 9.14. The van der Waals surface area contributed by atoms with Crippen LogP contribution in [0, 0.1) is 0 Å². The van der Waals surface area contributed by atoms with E-state index in [0.717, 1.165) is 13.1 Å². The second-order valence-corrected chi connectivity index (χ2v) is 3.26. The second-order valence-electron chi connectivity index (χ2n) is 3.26. The highest BCUT2D eigenvalue weighted by Crippen LogP contribution is 2.04. The molecule has 0 aromatic heterocycles. The van der Waals surface area contributed by atoms with E-state index in [4.69, 9.17) is 5.11 Å². The van der Waals surface area contributed by atoms with Gasteiger partial charge in [-0.2, -0.15) is 0 Å². The van der Waals surface area contributed by atoms with E-state index in [-0.39, 0.29) is 11.9 Å². The molecular formula is C8H16N2O2. The van der Waals surface area contributed by atoms with Crippen molar-refractivity contribution in [1.82, 2.24) is 10.2 Å². The number of carbonyl (C=O) groups is 1. The molecule has 0 bridgehead atoms. The molecule has 1 aliphatic heterocycles. The monoisotopic (exact) mass is 172 g/mol. The number of aliphatic hydroxyl groups is 1. The van der Waals surface area contributed by atoms with Crippen LogP contribution >= 0.6 is 0 Å². The number of rotatable bonds is 1. The van der Waals surface area contributed by atoms with Crippen LogP contribution in [0.2, 0.25) is 0 Å². The van der Waals surface area contributed by atoms with Gasteiger partial charge in [0.25, 0.3) is 5.91 Å². The second kappa shape index (κ2) is 3.87. The molecule has 0 saturated carbocycles. The SMILES string of the molecule is C[C@@H](O)C(=O)N1CCNC[C@@H]1C. The summed E-state index contributed by atoms with van der Waals surface area (Å²) >= 11 is 0.